The fraction of sp³-hybridized carbons (Fsp3) is 0.684. The highest BCUT2D eigenvalue weighted by atomic mass is 15.2. The summed E-state index contributed by atoms with van der Waals surface area (Å²) in [6.07, 6.45) is 5.33. The standard InChI is InChI=1S/C19H32N2/c1-4-13-20-19(18-11-6-5-7-12-18)16(2)15-21-14-9-8-10-17(21)3/h5-7,11-12,16-17,19-20H,4,8-10,13-15H2,1-3H3. The SMILES string of the molecule is CCCNC(c1ccccc1)C(C)CN1CCCCC1C. The molecule has 1 aromatic rings. The number of hydrogen-bond donors (Lipinski definition) is 1. The number of rotatable bonds is 7. The molecule has 0 aliphatic carbocycles. The van der Waals surface area contributed by atoms with E-state index >= 15 is 0 Å². The van der Waals surface area contributed by atoms with Gasteiger partial charge in [0.1, 0.15) is 0 Å². The Kier molecular flexibility index (Phi) is 6.72. The van der Waals surface area contributed by atoms with Crippen LogP contribution < -0.4 is 5.32 Å². The van der Waals surface area contributed by atoms with E-state index in [0.29, 0.717) is 12.0 Å². The van der Waals surface area contributed by atoms with Gasteiger partial charge < -0.3 is 10.2 Å². The molecule has 1 N–H and O–H groups in total. The zero-order chi connectivity index (χ0) is 15.1. The summed E-state index contributed by atoms with van der Waals surface area (Å²) in [6, 6.07) is 12.2. The topological polar surface area (TPSA) is 15.3 Å². The van der Waals surface area contributed by atoms with E-state index in [1.807, 2.05) is 0 Å². The van der Waals surface area contributed by atoms with Crippen molar-refractivity contribution in [3.05, 3.63) is 35.9 Å². The third-order valence-corrected chi connectivity index (χ3v) is 4.81. The van der Waals surface area contributed by atoms with Crippen molar-refractivity contribution in [2.45, 2.75) is 58.5 Å². The van der Waals surface area contributed by atoms with E-state index < -0.39 is 0 Å². The van der Waals surface area contributed by atoms with Gasteiger partial charge in [0.05, 0.1) is 0 Å². The molecule has 3 unspecified atom stereocenters. The van der Waals surface area contributed by atoms with Crippen molar-refractivity contribution in [2.75, 3.05) is 19.6 Å². The summed E-state index contributed by atoms with van der Waals surface area (Å²) in [5.41, 5.74) is 1.43. The molecule has 0 aromatic heterocycles. The molecule has 118 valence electrons. The largest absolute Gasteiger partial charge is 0.310 e. The summed E-state index contributed by atoms with van der Waals surface area (Å²) >= 11 is 0. The molecule has 0 bridgehead atoms. The van der Waals surface area contributed by atoms with Crippen molar-refractivity contribution in [3.8, 4) is 0 Å². The van der Waals surface area contributed by atoms with Crippen molar-refractivity contribution < 1.29 is 0 Å². The minimum absolute atomic E-state index is 0.472. The lowest BCUT2D eigenvalue weighted by Crippen LogP contribution is -2.43. The normalized spacial score (nSPS) is 22.9. The van der Waals surface area contributed by atoms with Crippen molar-refractivity contribution in [1.82, 2.24) is 10.2 Å². The molecule has 0 spiro atoms. The number of piperidine rings is 1. The molecule has 2 heteroatoms. The van der Waals surface area contributed by atoms with Crippen LogP contribution in [0.4, 0.5) is 0 Å². The fourth-order valence-corrected chi connectivity index (χ4v) is 3.51. The van der Waals surface area contributed by atoms with Crippen molar-refractivity contribution >= 4 is 0 Å². The maximum Gasteiger partial charge on any atom is 0.0358 e. The molecule has 1 aromatic carbocycles. The first-order valence-corrected chi connectivity index (χ1v) is 8.74. The second kappa shape index (κ2) is 8.55. The van der Waals surface area contributed by atoms with Crippen molar-refractivity contribution in [2.24, 2.45) is 5.92 Å². The Balaban J connectivity index is 2.01. The van der Waals surface area contributed by atoms with Gasteiger partial charge in [-0.15, -0.1) is 0 Å². The van der Waals surface area contributed by atoms with Gasteiger partial charge in [0, 0.05) is 18.6 Å². The van der Waals surface area contributed by atoms with Crippen molar-refractivity contribution in [1.29, 1.82) is 0 Å². The van der Waals surface area contributed by atoms with Gasteiger partial charge in [0.15, 0.2) is 0 Å². The first-order chi connectivity index (χ1) is 10.2. The van der Waals surface area contributed by atoms with Crippen LogP contribution in [-0.2, 0) is 0 Å². The van der Waals surface area contributed by atoms with Gasteiger partial charge in [0.25, 0.3) is 0 Å². The number of hydrogen-bond acceptors (Lipinski definition) is 2. The Bertz CT molecular complexity index is 390. The zero-order valence-electron chi connectivity index (χ0n) is 14.0. The smallest absolute Gasteiger partial charge is 0.0358 e. The Morgan fingerprint density at radius 2 is 2.00 bits per heavy atom. The highest BCUT2D eigenvalue weighted by Crippen LogP contribution is 2.25. The number of benzene rings is 1. The lowest BCUT2D eigenvalue weighted by molar-refractivity contribution is 0.128. The summed E-state index contributed by atoms with van der Waals surface area (Å²) in [4.78, 5) is 2.69. The van der Waals surface area contributed by atoms with E-state index in [4.69, 9.17) is 0 Å². The van der Waals surface area contributed by atoms with Crippen LogP contribution in [0.3, 0.4) is 0 Å². The molecule has 1 heterocycles. The quantitative estimate of drug-likeness (QED) is 0.807. The van der Waals surface area contributed by atoms with Crippen LogP contribution in [0.5, 0.6) is 0 Å². The molecule has 1 fully saturated rings. The average molecular weight is 288 g/mol. The maximum atomic E-state index is 3.76. The monoisotopic (exact) mass is 288 g/mol. The molecular formula is C19H32N2. The summed E-state index contributed by atoms with van der Waals surface area (Å²) in [5.74, 6) is 0.638. The van der Waals surface area contributed by atoms with Crippen LogP contribution in [0.1, 0.15) is 58.1 Å². The molecule has 3 atom stereocenters. The first-order valence-electron chi connectivity index (χ1n) is 8.74. The zero-order valence-corrected chi connectivity index (χ0v) is 14.0. The molecule has 0 saturated carbocycles. The lowest BCUT2D eigenvalue weighted by Gasteiger charge is -2.37. The van der Waals surface area contributed by atoms with Gasteiger partial charge in [-0.2, -0.15) is 0 Å². The summed E-state index contributed by atoms with van der Waals surface area (Å²) in [7, 11) is 0. The number of likely N-dealkylation sites (tertiary alicyclic amines) is 1. The first kappa shape index (κ1) is 16.5. The van der Waals surface area contributed by atoms with Crippen LogP contribution in [0, 0.1) is 5.92 Å². The third kappa shape index (κ3) is 4.82. The molecule has 2 nitrogen and oxygen atoms in total. The Hall–Kier alpha value is -0.860. The summed E-state index contributed by atoms with van der Waals surface area (Å²) in [6.45, 7) is 10.6. The summed E-state index contributed by atoms with van der Waals surface area (Å²) < 4.78 is 0. The Labute approximate surface area is 130 Å². The predicted octanol–water partition coefficient (Wildman–Crippen LogP) is 4.24. The van der Waals surface area contributed by atoms with Gasteiger partial charge >= 0.3 is 0 Å². The molecule has 2 rings (SSSR count). The highest BCUT2D eigenvalue weighted by Gasteiger charge is 2.24. The third-order valence-electron chi connectivity index (χ3n) is 4.81. The Morgan fingerprint density at radius 3 is 2.67 bits per heavy atom. The van der Waals surface area contributed by atoms with Crippen LogP contribution in [0.2, 0.25) is 0 Å². The maximum absolute atomic E-state index is 3.76. The molecule has 1 aliphatic rings. The van der Waals surface area contributed by atoms with Gasteiger partial charge in [-0.05, 0) is 50.8 Å². The van der Waals surface area contributed by atoms with Gasteiger partial charge in [-0.3, -0.25) is 0 Å². The predicted molar refractivity (Wildman–Crippen MR) is 91.5 cm³/mol. The van der Waals surface area contributed by atoms with Crippen molar-refractivity contribution in [3.63, 3.8) is 0 Å². The van der Waals surface area contributed by atoms with Crippen LogP contribution in [-0.4, -0.2) is 30.6 Å². The summed E-state index contributed by atoms with van der Waals surface area (Å²) in [5, 5.41) is 3.76. The van der Waals surface area contributed by atoms with E-state index in [9.17, 15) is 0 Å². The minimum atomic E-state index is 0.472. The Morgan fingerprint density at radius 1 is 1.24 bits per heavy atom. The molecule has 0 radical (unpaired) electrons. The van der Waals surface area contributed by atoms with Crippen LogP contribution >= 0.6 is 0 Å². The van der Waals surface area contributed by atoms with Crippen LogP contribution in [0.25, 0.3) is 0 Å². The minimum Gasteiger partial charge on any atom is -0.310 e. The van der Waals surface area contributed by atoms with E-state index in [-0.39, 0.29) is 0 Å². The van der Waals surface area contributed by atoms with E-state index in [1.165, 1.54) is 44.3 Å². The second-order valence-corrected chi connectivity index (χ2v) is 6.66. The lowest BCUT2D eigenvalue weighted by atomic mass is 9.92. The van der Waals surface area contributed by atoms with Gasteiger partial charge in [-0.1, -0.05) is 50.6 Å². The van der Waals surface area contributed by atoms with Gasteiger partial charge in [-0.25, -0.2) is 0 Å². The van der Waals surface area contributed by atoms with Gasteiger partial charge in [0.2, 0.25) is 0 Å². The highest BCUT2D eigenvalue weighted by molar-refractivity contribution is 5.19. The van der Waals surface area contributed by atoms with Crippen LogP contribution in [0.15, 0.2) is 30.3 Å². The van der Waals surface area contributed by atoms with E-state index in [1.54, 1.807) is 0 Å². The number of nitrogens with one attached hydrogen (secondary N) is 1. The molecule has 1 saturated heterocycles. The molecule has 0 amide bonds. The molecule has 1 aliphatic heterocycles. The molecular weight excluding hydrogens is 256 g/mol. The number of nitrogens with zero attached hydrogens (tertiary/aromatic N) is 1. The second-order valence-electron chi connectivity index (χ2n) is 6.66. The van der Waals surface area contributed by atoms with E-state index in [0.717, 1.165) is 12.6 Å². The fourth-order valence-electron chi connectivity index (χ4n) is 3.51. The average Bonchev–Trinajstić information content (AvgIpc) is 2.51. The van der Waals surface area contributed by atoms with E-state index in [2.05, 4.69) is 61.3 Å². The molecule has 21 heavy (non-hydrogen) atoms.